The lowest BCUT2D eigenvalue weighted by Gasteiger charge is -2.31. The smallest absolute Gasteiger partial charge is 0.0108 e. The summed E-state index contributed by atoms with van der Waals surface area (Å²) in [6.45, 7) is 4.97. The van der Waals surface area contributed by atoms with Crippen molar-refractivity contribution in [1.29, 1.82) is 0 Å². The Morgan fingerprint density at radius 1 is 1.21 bits per heavy atom. The van der Waals surface area contributed by atoms with Crippen LogP contribution in [0, 0.1) is 5.92 Å². The van der Waals surface area contributed by atoms with E-state index < -0.39 is 0 Å². The predicted molar refractivity (Wildman–Crippen MR) is 87.5 cm³/mol. The largest absolute Gasteiger partial charge is 0.319 e. The van der Waals surface area contributed by atoms with Crippen LogP contribution in [0.3, 0.4) is 0 Å². The van der Waals surface area contributed by atoms with Gasteiger partial charge in [0, 0.05) is 17.2 Å². The van der Waals surface area contributed by atoms with Crippen molar-refractivity contribution in [2.45, 2.75) is 17.7 Å². The molecule has 0 radical (unpaired) electrons. The Bertz CT molecular complexity index is 326. The maximum atomic E-state index is 3.29. The number of nitrogens with one attached hydrogen (secondary N) is 1. The van der Waals surface area contributed by atoms with E-state index in [1.54, 1.807) is 0 Å². The number of hydrogen-bond donors (Lipinski definition) is 1. The number of piperidine rings is 1. The number of rotatable bonds is 6. The van der Waals surface area contributed by atoms with Crippen LogP contribution in [0.5, 0.6) is 0 Å². The molecule has 0 spiro atoms. The van der Waals surface area contributed by atoms with Crippen molar-refractivity contribution >= 4 is 24.2 Å². The van der Waals surface area contributed by atoms with Crippen LogP contribution in [0.2, 0.25) is 0 Å². The van der Waals surface area contributed by atoms with Crippen LogP contribution in [0.1, 0.15) is 12.8 Å². The molecule has 108 valence electrons. The van der Waals surface area contributed by atoms with Gasteiger partial charge >= 0.3 is 0 Å². The molecule has 0 aromatic heterocycles. The Kier molecular flexibility index (Phi) is 8.55. The summed E-state index contributed by atoms with van der Waals surface area (Å²) >= 11 is 1.97. The minimum atomic E-state index is 0. The number of thioether (sulfide) groups is 1. The lowest BCUT2D eigenvalue weighted by atomic mass is 9.97. The molecule has 1 aromatic carbocycles. The monoisotopic (exact) mass is 300 g/mol. The minimum Gasteiger partial charge on any atom is -0.319 e. The second-order valence-corrected chi connectivity index (χ2v) is 6.17. The van der Waals surface area contributed by atoms with Crippen molar-refractivity contribution in [3.8, 4) is 0 Å². The molecule has 2 nitrogen and oxygen atoms in total. The minimum absolute atomic E-state index is 0. The third kappa shape index (κ3) is 6.17. The quantitative estimate of drug-likeness (QED) is 0.813. The van der Waals surface area contributed by atoms with Gasteiger partial charge in [0.2, 0.25) is 0 Å². The van der Waals surface area contributed by atoms with Gasteiger partial charge in [-0.05, 0) is 57.6 Å². The van der Waals surface area contributed by atoms with Crippen LogP contribution in [0.4, 0.5) is 0 Å². The Morgan fingerprint density at radius 2 is 1.89 bits per heavy atom. The van der Waals surface area contributed by atoms with E-state index in [-0.39, 0.29) is 12.4 Å². The van der Waals surface area contributed by atoms with E-state index in [1.165, 1.54) is 49.7 Å². The molecular weight excluding hydrogens is 276 g/mol. The zero-order valence-corrected chi connectivity index (χ0v) is 13.3. The SMILES string of the molecule is CNCC1CCN(CCSc2ccccc2)CC1.Cl. The van der Waals surface area contributed by atoms with E-state index in [0.29, 0.717) is 0 Å². The van der Waals surface area contributed by atoms with E-state index >= 15 is 0 Å². The summed E-state index contributed by atoms with van der Waals surface area (Å²) in [5.74, 6) is 2.11. The van der Waals surface area contributed by atoms with Crippen molar-refractivity contribution in [2.24, 2.45) is 5.92 Å². The van der Waals surface area contributed by atoms with Crippen LogP contribution in [-0.2, 0) is 0 Å². The highest BCUT2D eigenvalue weighted by Crippen LogP contribution is 2.19. The Labute approximate surface area is 127 Å². The van der Waals surface area contributed by atoms with Gasteiger partial charge in [-0.2, -0.15) is 0 Å². The predicted octanol–water partition coefficient (Wildman–Crippen LogP) is 3.13. The van der Waals surface area contributed by atoms with Gasteiger partial charge < -0.3 is 10.2 Å². The molecule has 1 fully saturated rings. The summed E-state index contributed by atoms with van der Waals surface area (Å²) in [6.07, 6.45) is 2.72. The fourth-order valence-electron chi connectivity index (χ4n) is 2.51. The Hall–Kier alpha value is -0.220. The zero-order chi connectivity index (χ0) is 12.6. The van der Waals surface area contributed by atoms with Gasteiger partial charge in [0.05, 0.1) is 0 Å². The first-order valence-corrected chi connectivity index (χ1v) is 7.92. The molecule has 4 heteroatoms. The number of halogens is 1. The number of likely N-dealkylation sites (tertiary alicyclic amines) is 1. The summed E-state index contributed by atoms with van der Waals surface area (Å²) in [5.41, 5.74) is 0. The normalized spacial score (nSPS) is 17.1. The van der Waals surface area contributed by atoms with E-state index in [9.17, 15) is 0 Å². The molecule has 1 aliphatic heterocycles. The lowest BCUT2D eigenvalue weighted by Crippen LogP contribution is -2.37. The van der Waals surface area contributed by atoms with E-state index in [1.807, 2.05) is 11.8 Å². The average Bonchev–Trinajstić information content (AvgIpc) is 2.42. The van der Waals surface area contributed by atoms with Gasteiger partial charge in [0.1, 0.15) is 0 Å². The van der Waals surface area contributed by atoms with E-state index in [2.05, 4.69) is 47.6 Å². The van der Waals surface area contributed by atoms with Crippen LogP contribution in [0.15, 0.2) is 35.2 Å². The highest BCUT2D eigenvalue weighted by molar-refractivity contribution is 7.99. The lowest BCUT2D eigenvalue weighted by molar-refractivity contribution is 0.193. The van der Waals surface area contributed by atoms with Gasteiger partial charge in [0.25, 0.3) is 0 Å². The van der Waals surface area contributed by atoms with E-state index in [0.717, 1.165) is 5.92 Å². The number of nitrogens with zero attached hydrogens (tertiary/aromatic N) is 1. The highest BCUT2D eigenvalue weighted by Gasteiger charge is 2.17. The summed E-state index contributed by atoms with van der Waals surface area (Å²) in [6, 6.07) is 10.7. The maximum Gasteiger partial charge on any atom is 0.0108 e. The van der Waals surface area contributed by atoms with Crippen molar-refractivity contribution < 1.29 is 0 Å². The molecule has 1 aromatic rings. The van der Waals surface area contributed by atoms with Crippen molar-refractivity contribution in [3.63, 3.8) is 0 Å². The first-order chi connectivity index (χ1) is 8.88. The van der Waals surface area contributed by atoms with Crippen molar-refractivity contribution in [1.82, 2.24) is 10.2 Å². The molecule has 1 aliphatic rings. The molecule has 1 N–H and O–H groups in total. The average molecular weight is 301 g/mol. The zero-order valence-electron chi connectivity index (χ0n) is 11.7. The summed E-state index contributed by atoms with van der Waals surface area (Å²) in [5, 5.41) is 3.29. The molecule has 1 heterocycles. The fourth-order valence-corrected chi connectivity index (χ4v) is 3.45. The molecular formula is C15H25ClN2S. The molecule has 0 atom stereocenters. The summed E-state index contributed by atoms with van der Waals surface area (Å²) in [4.78, 5) is 4.00. The summed E-state index contributed by atoms with van der Waals surface area (Å²) < 4.78 is 0. The molecule has 0 bridgehead atoms. The third-order valence-electron chi connectivity index (χ3n) is 3.62. The molecule has 0 unspecified atom stereocenters. The Morgan fingerprint density at radius 3 is 2.53 bits per heavy atom. The standard InChI is InChI=1S/C15H24N2S.ClH/c1-16-13-14-7-9-17(10-8-14)11-12-18-15-5-3-2-4-6-15;/h2-6,14,16H,7-13H2,1H3;1H. The van der Waals surface area contributed by atoms with Gasteiger partial charge in [-0.1, -0.05) is 18.2 Å². The number of benzene rings is 1. The van der Waals surface area contributed by atoms with Crippen LogP contribution < -0.4 is 5.32 Å². The maximum absolute atomic E-state index is 3.29. The molecule has 19 heavy (non-hydrogen) atoms. The van der Waals surface area contributed by atoms with Crippen LogP contribution in [0.25, 0.3) is 0 Å². The van der Waals surface area contributed by atoms with Crippen LogP contribution in [-0.4, -0.2) is 43.9 Å². The molecule has 1 saturated heterocycles. The first-order valence-electron chi connectivity index (χ1n) is 6.93. The highest BCUT2D eigenvalue weighted by atomic mass is 35.5. The van der Waals surface area contributed by atoms with Gasteiger partial charge in [-0.15, -0.1) is 24.2 Å². The molecule has 2 rings (SSSR count). The number of hydrogen-bond acceptors (Lipinski definition) is 3. The Balaban J connectivity index is 0.00000180. The second kappa shape index (κ2) is 9.65. The summed E-state index contributed by atoms with van der Waals surface area (Å²) in [7, 11) is 2.06. The van der Waals surface area contributed by atoms with Gasteiger partial charge in [-0.3, -0.25) is 0 Å². The van der Waals surface area contributed by atoms with Gasteiger partial charge in [0.15, 0.2) is 0 Å². The third-order valence-corrected chi connectivity index (χ3v) is 4.61. The van der Waals surface area contributed by atoms with Gasteiger partial charge in [-0.25, -0.2) is 0 Å². The topological polar surface area (TPSA) is 15.3 Å². The second-order valence-electron chi connectivity index (χ2n) is 5.00. The molecule has 0 amide bonds. The fraction of sp³-hybridized carbons (Fsp3) is 0.600. The van der Waals surface area contributed by atoms with Crippen molar-refractivity contribution in [2.75, 3.05) is 39.0 Å². The van der Waals surface area contributed by atoms with Crippen LogP contribution >= 0.6 is 24.2 Å². The molecule has 0 aliphatic carbocycles. The van der Waals surface area contributed by atoms with E-state index in [4.69, 9.17) is 0 Å². The first kappa shape index (κ1) is 16.8. The van der Waals surface area contributed by atoms with Crippen molar-refractivity contribution in [3.05, 3.63) is 30.3 Å². The molecule has 0 saturated carbocycles.